The van der Waals surface area contributed by atoms with E-state index in [1.807, 2.05) is 53.2 Å². The lowest BCUT2D eigenvalue weighted by Gasteiger charge is -2.16. The first-order valence-corrected chi connectivity index (χ1v) is 8.14. The molecular formula is C19H19N3O2. The summed E-state index contributed by atoms with van der Waals surface area (Å²) in [5, 5.41) is 13.9. The maximum absolute atomic E-state index is 11.7. The number of hydrogen-bond acceptors (Lipinski definition) is 3. The van der Waals surface area contributed by atoms with Crippen LogP contribution in [0.1, 0.15) is 17.0 Å². The van der Waals surface area contributed by atoms with Crippen LogP contribution < -0.4 is 0 Å². The summed E-state index contributed by atoms with van der Waals surface area (Å²) in [7, 11) is 0. The predicted molar refractivity (Wildman–Crippen MR) is 90.8 cm³/mol. The molecule has 0 aliphatic carbocycles. The molecule has 2 aromatic heterocycles. The molecule has 3 aromatic rings. The number of nitrogens with zero attached hydrogens (tertiary/aromatic N) is 3. The first-order chi connectivity index (χ1) is 11.7. The number of benzene rings is 1. The van der Waals surface area contributed by atoms with Gasteiger partial charge in [0, 0.05) is 37.9 Å². The Balaban J connectivity index is 1.59. The molecule has 5 nitrogen and oxygen atoms in total. The molecule has 1 fully saturated rings. The average Bonchev–Trinajstić information content (AvgIpc) is 3.23. The van der Waals surface area contributed by atoms with Gasteiger partial charge in [0.25, 0.3) is 0 Å². The second kappa shape index (κ2) is 6.09. The van der Waals surface area contributed by atoms with Crippen molar-refractivity contribution in [3.05, 3.63) is 72.1 Å². The summed E-state index contributed by atoms with van der Waals surface area (Å²) in [5.41, 5.74) is 3.36. The first kappa shape index (κ1) is 14.9. The smallest absolute Gasteiger partial charge is 0.308 e. The lowest BCUT2D eigenvalue weighted by Crippen LogP contribution is -2.23. The summed E-state index contributed by atoms with van der Waals surface area (Å²) in [6.45, 7) is 2.07. The van der Waals surface area contributed by atoms with Gasteiger partial charge < -0.3 is 5.11 Å². The van der Waals surface area contributed by atoms with E-state index in [4.69, 9.17) is 0 Å². The van der Waals surface area contributed by atoms with Crippen LogP contribution in [0.4, 0.5) is 0 Å². The van der Waals surface area contributed by atoms with Crippen molar-refractivity contribution >= 4 is 11.5 Å². The zero-order valence-electron chi connectivity index (χ0n) is 13.2. The Bertz CT molecular complexity index is 859. The highest BCUT2D eigenvalue weighted by Gasteiger charge is 2.38. The quantitative estimate of drug-likeness (QED) is 0.802. The number of likely N-dealkylation sites (tertiary alicyclic amines) is 1. The number of aliphatic carboxylic acids is 1. The van der Waals surface area contributed by atoms with Crippen LogP contribution in [-0.2, 0) is 11.3 Å². The molecule has 0 saturated carbocycles. The van der Waals surface area contributed by atoms with Crippen LogP contribution in [0.15, 0.2) is 60.9 Å². The van der Waals surface area contributed by atoms with Crippen molar-refractivity contribution in [3.8, 4) is 0 Å². The number of hydrogen-bond donors (Lipinski definition) is 1. The zero-order chi connectivity index (χ0) is 16.5. The number of carboxylic acids is 1. The summed E-state index contributed by atoms with van der Waals surface area (Å²) in [6, 6.07) is 16.0. The fourth-order valence-corrected chi connectivity index (χ4v) is 3.69. The van der Waals surface area contributed by atoms with Gasteiger partial charge in [0.05, 0.1) is 11.4 Å². The van der Waals surface area contributed by atoms with Crippen LogP contribution in [0.2, 0.25) is 0 Å². The number of carboxylic acid groups (broad SMARTS) is 1. The average molecular weight is 321 g/mol. The number of aromatic nitrogens is 2. The fraction of sp³-hybridized carbons (Fsp3) is 0.263. The van der Waals surface area contributed by atoms with Crippen molar-refractivity contribution in [2.75, 3.05) is 13.1 Å². The lowest BCUT2D eigenvalue weighted by molar-refractivity contribution is -0.141. The molecule has 1 N–H and O–H groups in total. The third kappa shape index (κ3) is 2.67. The Kier molecular flexibility index (Phi) is 3.78. The topological polar surface area (TPSA) is 57.8 Å². The van der Waals surface area contributed by atoms with Gasteiger partial charge in [-0.3, -0.25) is 9.69 Å². The van der Waals surface area contributed by atoms with Crippen molar-refractivity contribution in [2.45, 2.75) is 12.5 Å². The van der Waals surface area contributed by atoms with Crippen molar-refractivity contribution in [2.24, 2.45) is 5.92 Å². The van der Waals surface area contributed by atoms with Crippen LogP contribution in [0.5, 0.6) is 0 Å². The van der Waals surface area contributed by atoms with Gasteiger partial charge in [-0.05, 0) is 23.3 Å². The summed E-state index contributed by atoms with van der Waals surface area (Å²) < 4.78 is 1.86. The van der Waals surface area contributed by atoms with E-state index in [2.05, 4.69) is 16.1 Å². The van der Waals surface area contributed by atoms with E-state index < -0.39 is 5.97 Å². The summed E-state index contributed by atoms with van der Waals surface area (Å²) in [4.78, 5) is 13.9. The maximum Gasteiger partial charge on any atom is 0.308 e. The van der Waals surface area contributed by atoms with Crippen LogP contribution in [0.3, 0.4) is 0 Å². The summed E-state index contributed by atoms with van der Waals surface area (Å²) in [5.74, 6) is -1.04. The highest BCUT2D eigenvalue weighted by Crippen LogP contribution is 2.33. The number of carbonyl (C=O) groups is 1. The van der Waals surface area contributed by atoms with E-state index in [0.717, 1.165) is 24.2 Å². The van der Waals surface area contributed by atoms with Gasteiger partial charge in [0.2, 0.25) is 0 Å². The van der Waals surface area contributed by atoms with Crippen LogP contribution in [-0.4, -0.2) is 38.7 Å². The standard InChI is InChI=1S/C19H19N3O2/c23-19(24)17-13-21(12-16(17)14-5-2-1-3-6-14)11-15-7-4-10-22-18(15)8-9-20-22/h1-10,16-17H,11-13H2,(H,23,24)/t16-,17+/m0/s1. The van der Waals surface area contributed by atoms with Crippen molar-refractivity contribution in [1.82, 2.24) is 14.5 Å². The van der Waals surface area contributed by atoms with Crippen molar-refractivity contribution in [1.29, 1.82) is 0 Å². The van der Waals surface area contributed by atoms with E-state index in [1.54, 1.807) is 6.20 Å². The normalized spacial score (nSPS) is 21.3. The Hall–Kier alpha value is -2.66. The Morgan fingerprint density at radius 2 is 1.96 bits per heavy atom. The van der Waals surface area contributed by atoms with Gasteiger partial charge in [-0.2, -0.15) is 5.10 Å². The Morgan fingerprint density at radius 1 is 1.12 bits per heavy atom. The minimum atomic E-state index is -0.714. The molecule has 24 heavy (non-hydrogen) atoms. The molecule has 0 bridgehead atoms. The highest BCUT2D eigenvalue weighted by molar-refractivity contribution is 5.72. The molecule has 2 atom stereocenters. The molecule has 0 spiro atoms. The van der Waals surface area contributed by atoms with Crippen molar-refractivity contribution in [3.63, 3.8) is 0 Å². The molecule has 1 saturated heterocycles. The van der Waals surface area contributed by atoms with Crippen molar-refractivity contribution < 1.29 is 9.90 Å². The molecule has 1 aromatic carbocycles. The molecule has 3 heterocycles. The third-order valence-electron chi connectivity index (χ3n) is 4.86. The van der Waals surface area contributed by atoms with E-state index >= 15 is 0 Å². The summed E-state index contributed by atoms with van der Waals surface area (Å²) in [6.07, 6.45) is 3.71. The number of rotatable bonds is 4. The van der Waals surface area contributed by atoms with E-state index in [0.29, 0.717) is 6.54 Å². The van der Waals surface area contributed by atoms with E-state index in [-0.39, 0.29) is 11.8 Å². The Morgan fingerprint density at radius 3 is 2.75 bits per heavy atom. The third-order valence-corrected chi connectivity index (χ3v) is 4.86. The number of pyridine rings is 1. The zero-order valence-corrected chi connectivity index (χ0v) is 13.2. The monoisotopic (exact) mass is 321 g/mol. The van der Waals surface area contributed by atoms with Gasteiger partial charge in [-0.15, -0.1) is 0 Å². The molecule has 5 heteroatoms. The van der Waals surface area contributed by atoms with Gasteiger partial charge >= 0.3 is 5.97 Å². The van der Waals surface area contributed by atoms with Crippen LogP contribution in [0, 0.1) is 5.92 Å². The number of fused-ring (bicyclic) bond motifs is 1. The van der Waals surface area contributed by atoms with Crippen LogP contribution >= 0.6 is 0 Å². The molecule has 0 radical (unpaired) electrons. The molecular weight excluding hydrogens is 302 g/mol. The molecule has 4 rings (SSSR count). The second-order valence-electron chi connectivity index (χ2n) is 6.35. The van der Waals surface area contributed by atoms with Crippen LogP contribution in [0.25, 0.3) is 5.52 Å². The molecule has 1 aliphatic heterocycles. The SMILES string of the molecule is O=C(O)[C@@H]1CN(Cc2cccn3nccc23)C[C@H]1c1ccccc1. The van der Waals surface area contributed by atoms with E-state index in [1.165, 1.54) is 5.56 Å². The molecule has 1 aliphatic rings. The van der Waals surface area contributed by atoms with Gasteiger partial charge in [-0.25, -0.2) is 4.52 Å². The van der Waals surface area contributed by atoms with Gasteiger partial charge in [-0.1, -0.05) is 36.4 Å². The second-order valence-corrected chi connectivity index (χ2v) is 6.35. The lowest BCUT2D eigenvalue weighted by atomic mass is 9.89. The first-order valence-electron chi connectivity index (χ1n) is 8.14. The fourth-order valence-electron chi connectivity index (χ4n) is 3.69. The van der Waals surface area contributed by atoms with Gasteiger partial charge in [0.1, 0.15) is 0 Å². The molecule has 122 valence electrons. The summed E-state index contributed by atoms with van der Waals surface area (Å²) >= 11 is 0. The highest BCUT2D eigenvalue weighted by atomic mass is 16.4. The molecule has 0 amide bonds. The predicted octanol–water partition coefficient (Wildman–Crippen LogP) is 2.63. The Labute approximate surface area is 140 Å². The minimum Gasteiger partial charge on any atom is -0.481 e. The largest absolute Gasteiger partial charge is 0.481 e. The van der Waals surface area contributed by atoms with E-state index in [9.17, 15) is 9.90 Å². The minimum absolute atomic E-state index is 0.0355. The maximum atomic E-state index is 11.7. The molecule has 0 unspecified atom stereocenters. The van der Waals surface area contributed by atoms with Gasteiger partial charge in [0.15, 0.2) is 0 Å².